The molecule has 0 aliphatic rings. The number of amides is 1. The number of carbonyl (C=O) groups excluding carboxylic acids is 1. The molecule has 0 bridgehead atoms. The van der Waals surface area contributed by atoms with Crippen molar-refractivity contribution in [1.82, 2.24) is 5.32 Å². The molecular weight excluding hydrogens is 400 g/mol. The monoisotopic (exact) mass is 430 g/mol. The molecule has 0 heterocycles. The average molecular weight is 431 g/mol. The van der Waals surface area contributed by atoms with E-state index in [2.05, 4.69) is 10.3 Å². The molecular formula is C22H30N4O5. The number of alkyl carbamates (subject to hydrolysis) is 1. The zero-order chi connectivity index (χ0) is 23.0. The molecule has 0 radical (unpaired) electrons. The first-order chi connectivity index (χ1) is 14.5. The van der Waals surface area contributed by atoms with E-state index in [4.69, 9.17) is 20.9 Å². The molecule has 9 heteroatoms. The molecule has 0 aliphatic heterocycles. The lowest BCUT2D eigenvalue weighted by Crippen LogP contribution is -2.46. The lowest BCUT2D eigenvalue weighted by Gasteiger charge is -2.24. The third kappa shape index (κ3) is 8.93. The summed E-state index contributed by atoms with van der Waals surface area (Å²) in [7, 11) is 0. The lowest BCUT2D eigenvalue weighted by atomic mass is 10.1. The van der Waals surface area contributed by atoms with Gasteiger partial charge >= 0.3 is 6.09 Å². The summed E-state index contributed by atoms with van der Waals surface area (Å²) in [4.78, 5) is 15.9. The Hall–Kier alpha value is -3.30. The van der Waals surface area contributed by atoms with E-state index in [0.29, 0.717) is 18.0 Å². The van der Waals surface area contributed by atoms with Crippen LogP contribution in [0.15, 0.2) is 53.5 Å². The van der Waals surface area contributed by atoms with E-state index in [0.717, 1.165) is 11.1 Å². The number of benzene rings is 2. The minimum atomic E-state index is -1.74. The number of carbonyl (C=O) groups is 1. The number of ether oxygens (including phenoxy) is 2. The third-order valence-electron chi connectivity index (χ3n) is 4.02. The van der Waals surface area contributed by atoms with Gasteiger partial charge in [0.2, 0.25) is 0 Å². The molecule has 0 saturated heterocycles. The number of guanidine groups is 1. The predicted molar refractivity (Wildman–Crippen MR) is 118 cm³/mol. The average Bonchev–Trinajstić information content (AvgIpc) is 2.65. The summed E-state index contributed by atoms with van der Waals surface area (Å²) in [5.41, 5.74) is 12.4. The Balaban J connectivity index is 1.94. The fourth-order valence-electron chi connectivity index (χ4n) is 2.70. The van der Waals surface area contributed by atoms with Gasteiger partial charge in [0.05, 0.1) is 11.7 Å². The highest BCUT2D eigenvalue weighted by Crippen LogP contribution is 2.18. The molecule has 31 heavy (non-hydrogen) atoms. The maximum atomic E-state index is 11.9. The molecule has 2 aromatic rings. The summed E-state index contributed by atoms with van der Waals surface area (Å²) < 4.78 is 10.9. The molecule has 1 atom stereocenters. The molecule has 9 nitrogen and oxygen atoms in total. The van der Waals surface area contributed by atoms with Crippen LogP contribution in [0.2, 0.25) is 0 Å². The molecule has 1 unspecified atom stereocenters. The first kappa shape index (κ1) is 24.0. The fourth-order valence-corrected chi connectivity index (χ4v) is 2.70. The molecule has 0 aliphatic carbocycles. The summed E-state index contributed by atoms with van der Waals surface area (Å²) >= 11 is 0. The Morgan fingerprint density at radius 1 is 1.10 bits per heavy atom. The van der Waals surface area contributed by atoms with Crippen molar-refractivity contribution in [1.29, 1.82) is 0 Å². The maximum Gasteiger partial charge on any atom is 0.408 e. The summed E-state index contributed by atoms with van der Waals surface area (Å²) in [5.74, 6) is 0.623. The predicted octanol–water partition coefficient (Wildman–Crippen LogP) is 1.92. The third-order valence-corrected chi connectivity index (χ3v) is 4.02. The van der Waals surface area contributed by atoms with Crippen LogP contribution in [0.5, 0.6) is 5.75 Å². The second-order valence-corrected chi connectivity index (χ2v) is 8.01. The van der Waals surface area contributed by atoms with Gasteiger partial charge in [0, 0.05) is 0 Å². The van der Waals surface area contributed by atoms with E-state index in [1.54, 1.807) is 51.1 Å². The van der Waals surface area contributed by atoms with Crippen LogP contribution < -0.4 is 21.5 Å². The van der Waals surface area contributed by atoms with E-state index in [-0.39, 0.29) is 12.4 Å². The largest absolute Gasteiger partial charge is 0.489 e. The molecule has 2 rings (SSSR count). The Morgan fingerprint density at radius 2 is 1.77 bits per heavy atom. The van der Waals surface area contributed by atoms with Gasteiger partial charge in [-0.05, 0) is 62.6 Å². The lowest BCUT2D eigenvalue weighted by molar-refractivity contribution is -0.0679. The van der Waals surface area contributed by atoms with E-state index >= 15 is 0 Å². The number of aliphatic hydroxyl groups is 2. The molecule has 0 fully saturated rings. The van der Waals surface area contributed by atoms with Gasteiger partial charge in [-0.3, -0.25) is 0 Å². The van der Waals surface area contributed by atoms with Gasteiger partial charge in [-0.15, -0.1) is 0 Å². The minimum absolute atomic E-state index is 0.0129. The van der Waals surface area contributed by atoms with Crippen molar-refractivity contribution in [2.75, 3.05) is 0 Å². The van der Waals surface area contributed by atoms with Crippen LogP contribution in [0.3, 0.4) is 0 Å². The van der Waals surface area contributed by atoms with Crippen molar-refractivity contribution in [2.24, 2.45) is 16.5 Å². The Labute approximate surface area is 181 Å². The summed E-state index contributed by atoms with van der Waals surface area (Å²) in [6, 6.07) is 13.5. The molecule has 2 aromatic carbocycles. The van der Waals surface area contributed by atoms with Crippen LogP contribution in [0.25, 0.3) is 0 Å². The van der Waals surface area contributed by atoms with Crippen molar-refractivity contribution in [2.45, 2.75) is 51.7 Å². The number of nitrogens with zero attached hydrogens (tertiary/aromatic N) is 1. The Bertz CT molecular complexity index is 888. The number of nitrogens with two attached hydrogens (primary N) is 2. The van der Waals surface area contributed by atoms with Crippen molar-refractivity contribution in [3.63, 3.8) is 0 Å². The van der Waals surface area contributed by atoms with Crippen molar-refractivity contribution >= 4 is 17.7 Å². The Morgan fingerprint density at radius 3 is 2.35 bits per heavy atom. The van der Waals surface area contributed by atoms with Crippen molar-refractivity contribution < 1.29 is 24.5 Å². The summed E-state index contributed by atoms with van der Waals surface area (Å²) in [6.45, 7) is 5.51. The first-order valence-electron chi connectivity index (χ1n) is 9.78. The number of rotatable bonds is 8. The number of aliphatic imine (C=N–C) groups is 1. The highest BCUT2D eigenvalue weighted by Gasteiger charge is 2.23. The minimum Gasteiger partial charge on any atom is -0.489 e. The Kier molecular flexibility index (Phi) is 8.23. The molecule has 0 aromatic heterocycles. The van der Waals surface area contributed by atoms with Crippen LogP contribution >= 0.6 is 0 Å². The first-order valence-corrected chi connectivity index (χ1v) is 9.78. The van der Waals surface area contributed by atoms with Crippen LogP contribution in [-0.4, -0.2) is 40.2 Å². The van der Waals surface area contributed by atoms with Crippen LogP contribution in [0.1, 0.15) is 31.9 Å². The highest BCUT2D eigenvalue weighted by molar-refractivity contribution is 5.79. The van der Waals surface area contributed by atoms with Gasteiger partial charge in [-0.2, -0.15) is 0 Å². The molecule has 1 amide bonds. The van der Waals surface area contributed by atoms with Gasteiger partial charge in [0.1, 0.15) is 18.0 Å². The van der Waals surface area contributed by atoms with Crippen LogP contribution in [0.4, 0.5) is 10.5 Å². The highest BCUT2D eigenvalue weighted by atomic mass is 16.6. The fraction of sp³-hybridized carbons (Fsp3) is 0.364. The second-order valence-electron chi connectivity index (χ2n) is 8.01. The van der Waals surface area contributed by atoms with E-state index in [1.165, 1.54) is 0 Å². The van der Waals surface area contributed by atoms with E-state index in [9.17, 15) is 15.0 Å². The zero-order valence-electron chi connectivity index (χ0n) is 17.9. The normalized spacial score (nSPS) is 12.2. The molecule has 168 valence electrons. The topological polar surface area (TPSA) is 152 Å². The summed E-state index contributed by atoms with van der Waals surface area (Å²) in [5, 5.41) is 21.7. The van der Waals surface area contributed by atoms with Crippen LogP contribution in [0, 0.1) is 0 Å². The number of hydrogen-bond donors (Lipinski definition) is 5. The van der Waals surface area contributed by atoms with Crippen molar-refractivity contribution in [3.05, 3.63) is 59.7 Å². The second kappa shape index (κ2) is 10.6. The van der Waals surface area contributed by atoms with Gasteiger partial charge < -0.3 is 36.5 Å². The quantitative estimate of drug-likeness (QED) is 0.244. The number of hydrogen-bond acceptors (Lipinski definition) is 6. The van der Waals surface area contributed by atoms with Crippen molar-refractivity contribution in [3.8, 4) is 5.75 Å². The molecule has 0 saturated carbocycles. The van der Waals surface area contributed by atoms with Gasteiger partial charge in [0.15, 0.2) is 12.2 Å². The maximum absolute atomic E-state index is 11.9. The number of nitrogens with one attached hydrogen (secondary N) is 1. The van der Waals surface area contributed by atoms with Gasteiger partial charge in [-0.1, -0.05) is 24.3 Å². The van der Waals surface area contributed by atoms with E-state index < -0.39 is 24.0 Å². The zero-order valence-corrected chi connectivity index (χ0v) is 17.9. The number of aliphatic hydroxyl groups excluding tert-OH is 1. The molecule has 0 spiro atoms. The standard InChI is InChI=1S/C22H30N4O5/c1-22(2,3)31-21(29)26-18(19(27)28)12-14-7-9-17(10-8-14)30-13-15-5-4-6-16(11-15)25-20(23)24/h4-11,18-19,27-28H,12-13H2,1-3H3,(H,26,29)(H4,23,24,25). The molecule has 7 N–H and O–H groups in total. The SMILES string of the molecule is CC(C)(C)OC(=O)NC(Cc1ccc(OCc2cccc(N=C(N)N)c2)cc1)C(O)O. The summed E-state index contributed by atoms with van der Waals surface area (Å²) in [6.07, 6.45) is -2.24. The van der Waals surface area contributed by atoms with Crippen LogP contribution in [-0.2, 0) is 17.8 Å². The van der Waals surface area contributed by atoms with E-state index in [1.807, 2.05) is 18.2 Å². The van der Waals surface area contributed by atoms with Gasteiger partial charge in [0.25, 0.3) is 0 Å². The van der Waals surface area contributed by atoms with Gasteiger partial charge in [-0.25, -0.2) is 9.79 Å². The smallest absolute Gasteiger partial charge is 0.408 e.